The molecule has 0 saturated heterocycles. The number of aliphatic hydroxyl groups excluding tert-OH is 1. The van der Waals surface area contributed by atoms with Gasteiger partial charge >= 0.3 is 0 Å². The number of rotatable bonds is 4. The fourth-order valence-electron chi connectivity index (χ4n) is 1.79. The van der Waals surface area contributed by atoms with E-state index in [9.17, 15) is 5.11 Å². The molecule has 0 unspecified atom stereocenters. The first-order valence-electron chi connectivity index (χ1n) is 5.53. The highest BCUT2D eigenvalue weighted by molar-refractivity contribution is 5.58. The SMILES string of the molecule is C=C(C)CN(C)c1cc(C#N)ccc1[C@H](C)O. The van der Waals surface area contributed by atoms with Crippen LogP contribution in [0.3, 0.4) is 0 Å². The number of hydrogen-bond donors (Lipinski definition) is 1. The van der Waals surface area contributed by atoms with Crippen molar-refractivity contribution in [3.05, 3.63) is 41.5 Å². The van der Waals surface area contributed by atoms with Crippen molar-refractivity contribution in [1.29, 1.82) is 5.26 Å². The summed E-state index contributed by atoms with van der Waals surface area (Å²) in [6.45, 7) is 8.24. The molecule has 0 saturated carbocycles. The molecule has 0 fully saturated rings. The predicted octanol–water partition coefficient (Wildman–Crippen LogP) is 2.62. The summed E-state index contributed by atoms with van der Waals surface area (Å²) in [4.78, 5) is 1.99. The van der Waals surface area contributed by atoms with Gasteiger partial charge in [0.15, 0.2) is 0 Å². The van der Waals surface area contributed by atoms with Crippen LogP contribution in [0.4, 0.5) is 5.69 Å². The molecule has 17 heavy (non-hydrogen) atoms. The van der Waals surface area contributed by atoms with Crippen LogP contribution in [0.15, 0.2) is 30.4 Å². The molecular formula is C14H18N2O. The molecule has 0 aliphatic carbocycles. The molecule has 0 bridgehead atoms. The number of anilines is 1. The molecule has 90 valence electrons. The number of nitrogens with zero attached hydrogens (tertiary/aromatic N) is 2. The van der Waals surface area contributed by atoms with Gasteiger partial charge in [-0.15, -0.1) is 0 Å². The Hall–Kier alpha value is -1.79. The molecule has 0 aromatic heterocycles. The molecule has 0 radical (unpaired) electrons. The Balaban J connectivity index is 3.18. The standard InChI is InChI=1S/C14H18N2O/c1-10(2)9-16(4)14-7-12(8-15)5-6-13(14)11(3)17/h5-7,11,17H,1,9H2,2-4H3/t11-/m0/s1. The molecule has 1 aromatic rings. The normalized spacial score (nSPS) is 11.7. The zero-order chi connectivity index (χ0) is 13.0. The fraction of sp³-hybridized carbons (Fsp3) is 0.357. The van der Waals surface area contributed by atoms with Gasteiger partial charge in [-0.2, -0.15) is 5.26 Å². The van der Waals surface area contributed by atoms with E-state index < -0.39 is 6.10 Å². The Morgan fingerprint density at radius 1 is 1.59 bits per heavy atom. The molecule has 3 heteroatoms. The molecule has 1 atom stereocenters. The second kappa shape index (κ2) is 5.51. The summed E-state index contributed by atoms with van der Waals surface area (Å²) < 4.78 is 0. The number of nitriles is 1. The van der Waals surface area contributed by atoms with E-state index in [2.05, 4.69) is 12.6 Å². The lowest BCUT2D eigenvalue weighted by Gasteiger charge is -2.24. The molecule has 1 N–H and O–H groups in total. The van der Waals surface area contributed by atoms with Gasteiger partial charge in [-0.3, -0.25) is 0 Å². The van der Waals surface area contributed by atoms with Gasteiger partial charge in [-0.05, 0) is 26.0 Å². The third-order valence-corrected chi connectivity index (χ3v) is 2.53. The van der Waals surface area contributed by atoms with Crippen LogP contribution in [0, 0.1) is 11.3 Å². The molecule has 0 heterocycles. The monoisotopic (exact) mass is 230 g/mol. The lowest BCUT2D eigenvalue weighted by molar-refractivity contribution is 0.199. The maximum Gasteiger partial charge on any atom is 0.0992 e. The van der Waals surface area contributed by atoms with Gasteiger partial charge in [0.1, 0.15) is 0 Å². The quantitative estimate of drug-likeness (QED) is 0.809. The smallest absolute Gasteiger partial charge is 0.0992 e. The van der Waals surface area contributed by atoms with Gasteiger partial charge in [0, 0.05) is 24.8 Å². The zero-order valence-electron chi connectivity index (χ0n) is 10.6. The minimum Gasteiger partial charge on any atom is -0.389 e. The van der Waals surface area contributed by atoms with Crippen molar-refractivity contribution < 1.29 is 5.11 Å². The first kappa shape index (κ1) is 13.3. The van der Waals surface area contributed by atoms with Gasteiger partial charge in [0.05, 0.1) is 17.7 Å². The topological polar surface area (TPSA) is 47.3 Å². The molecule has 1 rings (SSSR count). The Kier molecular flexibility index (Phi) is 4.30. The third kappa shape index (κ3) is 3.33. The van der Waals surface area contributed by atoms with Crippen LogP contribution in [0.5, 0.6) is 0 Å². The van der Waals surface area contributed by atoms with E-state index >= 15 is 0 Å². The average Bonchev–Trinajstić information content (AvgIpc) is 2.27. The van der Waals surface area contributed by atoms with Crippen LogP contribution in [0.25, 0.3) is 0 Å². The van der Waals surface area contributed by atoms with Gasteiger partial charge in [0.25, 0.3) is 0 Å². The van der Waals surface area contributed by atoms with Gasteiger partial charge in [-0.1, -0.05) is 18.2 Å². The zero-order valence-corrected chi connectivity index (χ0v) is 10.6. The van der Waals surface area contributed by atoms with E-state index in [1.807, 2.05) is 18.9 Å². The summed E-state index contributed by atoms with van der Waals surface area (Å²) >= 11 is 0. The van der Waals surface area contributed by atoms with E-state index in [0.29, 0.717) is 12.1 Å². The van der Waals surface area contributed by atoms with E-state index in [4.69, 9.17) is 5.26 Å². The first-order chi connectivity index (χ1) is 7.95. The summed E-state index contributed by atoms with van der Waals surface area (Å²) in [6, 6.07) is 7.43. The Morgan fingerprint density at radius 3 is 2.71 bits per heavy atom. The van der Waals surface area contributed by atoms with Crippen molar-refractivity contribution in [3.63, 3.8) is 0 Å². The summed E-state index contributed by atoms with van der Waals surface area (Å²) in [5.41, 5.74) is 3.33. The van der Waals surface area contributed by atoms with Crippen molar-refractivity contribution in [2.45, 2.75) is 20.0 Å². The number of likely N-dealkylation sites (N-methyl/N-ethyl adjacent to an activating group) is 1. The molecule has 0 aliphatic rings. The third-order valence-electron chi connectivity index (χ3n) is 2.53. The van der Waals surface area contributed by atoms with Crippen LogP contribution >= 0.6 is 0 Å². The van der Waals surface area contributed by atoms with Crippen LogP contribution < -0.4 is 4.90 Å². The van der Waals surface area contributed by atoms with Crippen molar-refractivity contribution in [3.8, 4) is 6.07 Å². The summed E-state index contributed by atoms with van der Waals surface area (Å²) in [5.74, 6) is 0. The molecule has 0 aliphatic heterocycles. The molecule has 0 spiro atoms. The average molecular weight is 230 g/mol. The Morgan fingerprint density at radius 2 is 2.24 bits per heavy atom. The van der Waals surface area contributed by atoms with Crippen LogP contribution in [0.1, 0.15) is 31.1 Å². The van der Waals surface area contributed by atoms with Crippen molar-refractivity contribution >= 4 is 5.69 Å². The summed E-state index contributed by atoms with van der Waals surface area (Å²) in [6.07, 6.45) is -0.551. The second-order valence-corrected chi connectivity index (χ2v) is 4.37. The summed E-state index contributed by atoms with van der Waals surface area (Å²) in [7, 11) is 1.93. The lowest BCUT2D eigenvalue weighted by Crippen LogP contribution is -2.21. The predicted molar refractivity (Wildman–Crippen MR) is 69.9 cm³/mol. The molecule has 1 aromatic carbocycles. The van der Waals surface area contributed by atoms with Crippen LogP contribution in [-0.4, -0.2) is 18.7 Å². The van der Waals surface area contributed by atoms with Crippen LogP contribution in [-0.2, 0) is 0 Å². The number of aliphatic hydroxyl groups is 1. The van der Waals surface area contributed by atoms with E-state index in [-0.39, 0.29) is 0 Å². The second-order valence-electron chi connectivity index (χ2n) is 4.37. The number of benzene rings is 1. The maximum absolute atomic E-state index is 9.72. The largest absolute Gasteiger partial charge is 0.389 e. The minimum atomic E-state index is -0.551. The van der Waals surface area contributed by atoms with Crippen molar-refractivity contribution in [2.24, 2.45) is 0 Å². The minimum absolute atomic E-state index is 0.551. The maximum atomic E-state index is 9.72. The van der Waals surface area contributed by atoms with E-state index in [1.165, 1.54) is 0 Å². The fourth-order valence-corrected chi connectivity index (χ4v) is 1.79. The molecule has 0 amide bonds. The first-order valence-corrected chi connectivity index (χ1v) is 5.53. The van der Waals surface area contributed by atoms with Gasteiger partial charge in [-0.25, -0.2) is 0 Å². The van der Waals surface area contributed by atoms with Crippen molar-refractivity contribution in [2.75, 3.05) is 18.5 Å². The molecule has 3 nitrogen and oxygen atoms in total. The highest BCUT2D eigenvalue weighted by Crippen LogP contribution is 2.27. The van der Waals surface area contributed by atoms with Crippen LogP contribution in [0.2, 0.25) is 0 Å². The highest BCUT2D eigenvalue weighted by Gasteiger charge is 2.12. The Labute approximate surface area is 103 Å². The van der Waals surface area contributed by atoms with Gasteiger partial charge < -0.3 is 10.0 Å². The number of hydrogen-bond acceptors (Lipinski definition) is 3. The summed E-state index contributed by atoms with van der Waals surface area (Å²) in [5, 5.41) is 18.6. The van der Waals surface area contributed by atoms with Crippen molar-refractivity contribution in [1.82, 2.24) is 0 Å². The highest BCUT2D eigenvalue weighted by atomic mass is 16.3. The van der Waals surface area contributed by atoms with Gasteiger partial charge in [0.2, 0.25) is 0 Å². The molecular weight excluding hydrogens is 212 g/mol. The Bertz CT molecular complexity index is 458. The van der Waals surface area contributed by atoms with E-state index in [0.717, 1.165) is 16.8 Å². The lowest BCUT2D eigenvalue weighted by atomic mass is 10.0. The van der Waals surface area contributed by atoms with E-state index in [1.54, 1.807) is 25.1 Å².